The molecule has 6 heteroatoms. The highest BCUT2D eigenvalue weighted by atomic mass is 79.9. The van der Waals surface area contributed by atoms with E-state index >= 15 is 0 Å². The van der Waals surface area contributed by atoms with Gasteiger partial charge in [-0.15, -0.1) is 0 Å². The first-order valence-electron chi connectivity index (χ1n) is 7.08. The lowest BCUT2D eigenvalue weighted by atomic mass is 10.2. The molecule has 0 saturated carbocycles. The summed E-state index contributed by atoms with van der Waals surface area (Å²) in [6, 6.07) is 18.1. The molecular weight excluding hydrogens is 436 g/mol. The maximum Gasteiger partial charge on any atom is 0.248 e. The Bertz CT molecular complexity index is 1040. The number of aromatic amines is 2. The van der Waals surface area contributed by atoms with E-state index in [1.165, 1.54) is 12.1 Å². The molecule has 4 aromatic rings. The first kappa shape index (κ1) is 16.7. The van der Waals surface area contributed by atoms with Crippen molar-refractivity contribution in [1.82, 2.24) is 9.97 Å². The molecule has 4 rings (SSSR count). The van der Waals surface area contributed by atoms with Crippen LogP contribution in [-0.2, 0) is 0 Å². The fourth-order valence-electron chi connectivity index (χ4n) is 2.25. The van der Waals surface area contributed by atoms with Gasteiger partial charge in [-0.2, -0.15) is 0 Å². The van der Waals surface area contributed by atoms with E-state index in [0.717, 1.165) is 30.8 Å². The van der Waals surface area contributed by atoms with Gasteiger partial charge in [0, 0.05) is 32.1 Å². The maximum absolute atomic E-state index is 10.9. The molecule has 2 aromatic heterocycles. The van der Waals surface area contributed by atoms with E-state index in [-0.39, 0.29) is 11.1 Å². The second kappa shape index (κ2) is 7.15. The van der Waals surface area contributed by atoms with Crippen LogP contribution in [0.1, 0.15) is 0 Å². The van der Waals surface area contributed by atoms with Crippen LogP contribution in [0.2, 0.25) is 0 Å². The summed E-state index contributed by atoms with van der Waals surface area (Å²) < 4.78 is 2.03. The van der Waals surface area contributed by atoms with Crippen LogP contribution in [0.25, 0.3) is 21.8 Å². The molecule has 0 bridgehead atoms. The van der Waals surface area contributed by atoms with Crippen LogP contribution >= 0.6 is 31.9 Å². The molecule has 24 heavy (non-hydrogen) atoms. The van der Waals surface area contributed by atoms with Crippen molar-refractivity contribution in [1.29, 1.82) is 0 Å². The Morgan fingerprint density at radius 2 is 1.00 bits per heavy atom. The van der Waals surface area contributed by atoms with Gasteiger partial charge in [-0.05, 0) is 59.3 Å². The molecule has 0 fully saturated rings. The summed E-state index contributed by atoms with van der Waals surface area (Å²) in [4.78, 5) is 27.3. The third-order valence-corrected chi connectivity index (χ3v) is 4.36. The molecular formula is C18H12Br2N2O2. The highest BCUT2D eigenvalue weighted by molar-refractivity contribution is 9.10. The van der Waals surface area contributed by atoms with Crippen molar-refractivity contribution >= 4 is 53.7 Å². The predicted molar refractivity (Wildman–Crippen MR) is 105 cm³/mol. The number of H-pyrrole nitrogens is 2. The van der Waals surface area contributed by atoms with Crippen LogP contribution in [-0.4, -0.2) is 9.97 Å². The molecule has 0 amide bonds. The largest absolute Gasteiger partial charge is 0.322 e. The number of nitrogens with one attached hydrogen (secondary N) is 2. The third kappa shape index (κ3) is 4.01. The number of benzene rings is 2. The van der Waals surface area contributed by atoms with Crippen LogP contribution in [0.3, 0.4) is 0 Å². The molecule has 120 valence electrons. The number of fused-ring (bicyclic) bond motifs is 2. The van der Waals surface area contributed by atoms with Crippen LogP contribution in [0.4, 0.5) is 0 Å². The molecule has 2 heterocycles. The van der Waals surface area contributed by atoms with Crippen molar-refractivity contribution in [3.63, 3.8) is 0 Å². The summed E-state index contributed by atoms with van der Waals surface area (Å²) in [6.07, 6.45) is 0. The van der Waals surface area contributed by atoms with E-state index in [2.05, 4.69) is 41.8 Å². The number of rotatable bonds is 0. The Balaban J connectivity index is 0.000000141. The zero-order chi connectivity index (χ0) is 17.1. The number of hydrogen-bond donors (Lipinski definition) is 2. The molecule has 2 aromatic carbocycles. The molecule has 0 radical (unpaired) electrons. The first-order valence-corrected chi connectivity index (χ1v) is 8.67. The zero-order valence-corrected chi connectivity index (χ0v) is 15.5. The van der Waals surface area contributed by atoms with Gasteiger partial charge in [0.1, 0.15) is 0 Å². The van der Waals surface area contributed by atoms with Crippen molar-refractivity contribution in [2.75, 3.05) is 0 Å². The van der Waals surface area contributed by atoms with Crippen molar-refractivity contribution in [2.45, 2.75) is 0 Å². The molecule has 0 aliphatic heterocycles. The minimum atomic E-state index is -0.0650. The van der Waals surface area contributed by atoms with Crippen LogP contribution in [0.5, 0.6) is 0 Å². The second-order valence-corrected chi connectivity index (χ2v) is 6.94. The number of halogens is 2. The highest BCUT2D eigenvalue weighted by Gasteiger charge is 1.94. The molecule has 2 N–H and O–H groups in total. The minimum absolute atomic E-state index is 0.0650. The number of aromatic nitrogens is 2. The highest BCUT2D eigenvalue weighted by Crippen LogP contribution is 2.17. The lowest BCUT2D eigenvalue weighted by Gasteiger charge is -1.96. The fraction of sp³-hybridized carbons (Fsp3) is 0. The average molecular weight is 448 g/mol. The van der Waals surface area contributed by atoms with Gasteiger partial charge in [-0.3, -0.25) is 9.59 Å². The molecule has 0 saturated heterocycles. The monoisotopic (exact) mass is 446 g/mol. The van der Waals surface area contributed by atoms with Crippen LogP contribution in [0, 0.1) is 0 Å². The summed E-state index contributed by atoms with van der Waals surface area (Å²) in [5.74, 6) is 0. The zero-order valence-electron chi connectivity index (χ0n) is 12.3. The molecule has 0 aliphatic carbocycles. The summed E-state index contributed by atoms with van der Waals surface area (Å²) >= 11 is 6.72. The van der Waals surface area contributed by atoms with Gasteiger partial charge in [-0.1, -0.05) is 31.9 Å². The lowest BCUT2D eigenvalue weighted by Crippen LogP contribution is -2.01. The third-order valence-electron chi connectivity index (χ3n) is 3.37. The Hall–Kier alpha value is -2.18. The van der Waals surface area contributed by atoms with Gasteiger partial charge in [0.15, 0.2) is 0 Å². The number of pyridine rings is 2. The SMILES string of the molecule is O=c1ccc2cc(Br)ccc2[nH]1.O=c1ccc2cc(Br)ccc2[nH]1. The molecule has 0 aliphatic rings. The van der Waals surface area contributed by atoms with Crippen LogP contribution in [0.15, 0.2) is 79.2 Å². The summed E-state index contributed by atoms with van der Waals surface area (Å²) in [6.45, 7) is 0. The van der Waals surface area contributed by atoms with Gasteiger partial charge in [-0.25, -0.2) is 0 Å². The van der Waals surface area contributed by atoms with E-state index in [1.807, 2.05) is 36.4 Å². The van der Waals surface area contributed by atoms with Gasteiger partial charge in [0.25, 0.3) is 0 Å². The van der Waals surface area contributed by atoms with Gasteiger partial charge in [0.05, 0.1) is 0 Å². The normalized spacial score (nSPS) is 10.4. The summed E-state index contributed by atoms with van der Waals surface area (Å²) in [5.41, 5.74) is 1.60. The summed E-state index contributed by atoms with van der Waals surface area (Å²) in [7, 11) is 0. The van der Waals surface area contributed by atoms with Crippen molar-refractivity contribution in [3.05, 3.63) is 90.3 Å². The molecule has 0 atom stereocenters. The van der Waals surface area contributed by atoms with Gasteiger partial charge < -0.3 is 9.97 Å². The first-order chi connectivity index (χ1) is 11.5. The topological polar surface area (TPSA) is 65.7 Å². The Morgan fingerprint density at radius 3 is 1.42 bits per heavy atom. The molecule has 4 nitrogen and oxygen atoms in total. The number of hydrogen-bond acceptors (Lipinski definition) is 2. The van der Waals surface area contributed by atoms with Crippen LogP contribution < -0.4 is 11.1 Å². The fourth-order valence-corrected chi connectivity index (χ4v) is 3.01. The van der Waals surface area contributed by atoms with Crippen molar-refractivity contribution < 1.29 is 0 Å². The quantitative estimate of drug-likeness (QED) is 0.414. The van der Waals surface area contributed by atoms with Gasteiger partial charge >= 0.3 is 0 Å². The minimum Gasteiger partial charge on any atom is -0.322 e. The average Bonchev–Trinajstić information content (AvgIpc) is 2.56. The summed E-state index contributed by atoms with van der Waals surface area (Å²) in [5, 5.41) is 2.06. The second-order valence-electron chi connectivity index (χ2n) is 5.11. The van der Waals surface area contributed by atoms with E-state index in [0.29, 0.717) is 0 Å². The van der Waals surface area contributed by atoms with E-state index in [4.69, 9.17) is 0 Å². The van der Waals surface area contributed by atoms with Gasteiger partial charge in [0.2, 0.25) is 11.1 Å². The van der Waals surface area contributed by atoms with Crippen molar-refractivity contribution in [3.8, 4) is 0 Å². The Kier molecular flexibility index (Phi) is 4.97. The smallest absolute Gasteiger partial charge is 0.248 e. The molecule has 0 spiro atoms. The standard InChI is InChI=1S/2C9H6BrNO/c2*10-7-2-3-8-6(5-7)1-4-9(12)11-8/h2*1-5H,(H,11,12). The molecule has 0 unspecified atom stereocenters. The van der Waals surface area contributed by atoms with E-state index < -0.39 is 0 Å². The van der Waals surface area contributed by atoms with E-state index in [9.17, 15) is 9.59 Å². The Labute approximate surface area is 153 Å². The lowest BCUT2D eigenvalue weighted by molar-refractivity contribution is 1.31. The Morgan fingerprint density at radius 1 is 0.583 bits per heavy atom. The van der Waals surface area contributed by atoms with E-state index in [1.54, 1.807) is 12.1 Å². The maximum atomic E-state index is 10.9. The van der Waals surface area contributed by atoms with Crippen molar-refractivity contribution in [2.24, 2.45) is 0 Å². The predicted octanol–water partition coefficient (Wildman–Crippen LogP) is 4.58.